The molecule has 222 valence electrons. The summed E-state index contributed by atoms with van der Waals surface area (Å²) in [4.78, 5) is 34.7. The number of halogens is 1. The zero-order valence-corrected chi connectivity index (χ0v) is 25.5. The van der Waals surface area contributed by atoms with Crippen LogP contribution in [0.25, 0.3) is 6.08 Å². The lowest BCUT2D eigenvalue weighted by atomic mass is 10.1. The summed E-state index contributed by atoms with van der Waals surface area (Å²) in [7, 11) is 0. The Hall–Kier alpha value is -4.24. The fourth-order valence-corrected chi connectivity index (χ4v) is 6.97. The minimum Gasteiger partial charge on any atom is -0.454 e. The van der Waals surface area contributed by atoms with Gasteiger partial charge in [0.05, 0.1) is 17.1 Å². The number of benzene rings is 4. The second-order valence-corrected chi connectivity index (χ2v) is 12.5. The van der Waals surface area contributed by atoms with Crippen LogP contribution in [0.3, 0.4) is 0 Å². The van der Waals surface area contributed by atoms with Crippen molar-refractivity contribution in [3.8, 4) is 11.5 Å². The predicted octanol–water partition coefficient (Wildman–Crippen LogP) is 6.71. The van der Waals surface area contributed by atoms with Crippen LogP contribution in [-0.4, -0.2) is 54.6 Å². The van der Waals surface area contributed by atoms with Crippen molar-refractivity contribution in [1.29, 1.82) is 0 Å². The van der Waals surface area contributed by atoms with E-state index in [9.17, 15) is 9.59 Å². The van der Waals surface area contributed by atoms with E-state index in [0.717, 1.165) is 52.8 Å². The van der Waals surface area contributed by atoms with Gasteiger partial charge in [0.2, 0.25) is 6.79 Å². The van der Waals surface area contributed by atoms with E-state index in [1.54, 1.807) is 4.90 Å². The monoisotopic (exact) mass is 623 g/mol. The van der Waals surface area contributed by atoms with Gasteiger partial charge in [0.15, 0.2) is 11.5 Å². The number of amides is 2. The van der Waals surface area contributed by atoms with Crippen LogP contribution < -0.4 is 14.4 Å². The first-order valence-electron chi connectivity index (χ1n) is 14.6. The van der Waals surface area contributed by atoms with Crippen molar-refractivity contribution < 1.29 is 19.1 Å². The van der Waals surface area contributed by atoms with Crippen LogP contribution in [0.4, 0.5) is 5.69 Å². The van der Waals surface area contributed by atoms with Gasteiger partial charge in [0.1, 0.15) is 0 Å². The quantitative estimate of drug-likeness (QED) is 0.223. The smallest absolute Gasteiger partial charge is 0.265 e. The normalized spacial score (nSPS) is 17.2. The highest BCUT2D eigenvalue weighted by Gasteiger charge is 2.29. The molecule has 3 aliphatic rings. The van der Waals surface area contributed by atoms with Gasteiger partial charge in [-0.1, -0.05) is 65.8 Å². The van der Waals surface area contributed by atoms with Crippen LogP contribution in [0, 0.1) is 0 Å². The van der Waals surface area contributed by atoms with E-state index >= 15 is 0 Å². The number of nitrogens with zero attached hydrogens (tertiary/aromatic N) is 3. The van der Waals surface area contributed by atoms with Gasteiger partial charge in [-0.3, -0.25) is 14.5 Å². The Morgan fingerprint density at radius 3 is 2.41 bits per heavy atom. The van der Waals surface area contributed by atoms with Crippen LogP contribution in [-0.2, 0) is 17.9 Å². The largest absolute Gasteiger partial charge is 0.454 e. The Bertz CT molecular complexity index is 1750. The molecule has 0 radical (unpaired) electrons. The molecule has 0 unspecified atom stereocenters. The molecule has 9 heteroatoms. The molecule has 0 spiro atoms. The number of rotatable bonds is 6. The SMILES string of the molecule is O=C(c1ccc(C=C2Sc3ccccc3N(Cc3cccc(Cl)c3)C2=O)cc1)N1CCN(Cc2ccc3c(c2)OCO3)CC1. The molecule has 0 atom stereocenters. The maximum atomic E-state index is 13.7. The minimum atomic E-state index is -0.0625. The molecule has 4 aromatic rings. The third kappa shape index (κ3) is 6.06. The van der Waals surface area contributed by atoms with E-state index in [2.05, 4.69) is 11.0 Å². The molecule has 3 aliphatic heterocycles. The number of carbonyl (C=O) groups is 2. The van der Waals surface area contributed by atoms with Crippen molar-refractivity contribution in [2.24, 2.45) is 0 Å². The first kappa shape index (κ1) is 28.5. The number of carbonyl (C=O) groups excluding carboxylic acids is 2. The van der Waals surface area contributed by atoms with Crippen LogP contribution >= 0.6 is 23.4 Å². The number of anilines is 1. The van der Waals surface area contributed by atoms with E-state index in [1.165, 1.54) is 17.3 Å². The molecule has 1 fully saturated rings. The van der Waals surface area contributed by atoms with Crippen LogP contribution in [0.1, 0.15) is 27.0 Å². The standard InChI is InChI=1S/C35H30ClN3O4S/c36-28-5-3-4-25(18-28)22-39-29-6-1-2-7-32(29)44-33(35(39)41)20-24-8-11-27(12-9-24)34(40)38-16-14-37(15-17-38)21-26-10-13-30-31(19-26)43-23-42-30/h1-13,18-20H,14-17,21-23H2. The van der Waals surface area contributed by atoms with Crippen LogP contribution in [0.5, 0.6) is 11.5 Å². The maximum Gasteiger partial charge on any atom is 0.265 e. The van der Waals surface area contributed by atoms with Crippen molar-refractivity contribution in [3.63, 3.8) is 0 Å². The second-order valence-electron chi connectivity index (χ2n) is 11.0. The Kier molecular flexibility index (Phi) is 8.04. The number of hydrogen-bond donors (Lipinski definition) is 0. The molecule has 0 bridgehead atoms. The Morgan fingerprint density at radius 1 is 0.818 bits per heavy atom. The molecular formula is C35H30ClN3O4S. The highest BCUT2D eigenvalue weighted by Crippen LogP contribution is 2.42. The molecule has 44 heavy (non-hydrogen) atoms. The Balaban J connectivity index is 1.00. The third-order valence-corrected chi connectivity index (χ3v) is 9.33. The van der Waals surface area contributed by atoms with Crippen molar-refractivity contribution in [2.75, 3.05) is 37.9 Å². The number of para-hydroxylation sites is 1. The van der Waals surface area contributed by atoms with Crippen molar-refractivity contribution in [3.05, 3.63) is 123 Å². The van der Waals surface area contributed by atoms with E-state index in [0.29, 0.717) is 35.1 Å². The van der Waals surface area contributed by atoms with Gasteiger partial charge in [0.25, 0.3) is 11.8 Å². The highest BCUT2D eigenvalue weighted by molar-refractivity contribution is 8.04. The number of piperazine rings is 1. The summed E-state index contributed by atoms with van der Waals surface area (Å²) in [5.41, 5.74) is 4.53. The Labute approximate surface area is 265 Å². The minimum absolute atomic E-state index is 0.0247. The summed E-state index contributed by atoms with van der Waals surface area (Å²) in [6.45, 7) is 4.44. The van der Waals surface area contributed by atoms with E-state index in [-0.39, 0.29) is 18.6 Å². The van der Waals surface area contributed by atoms with Crippen molar-refractivity contribution in [2.45, 2.75) is 18.0 Å². The molecule has 4 aromatic carbocycles. The van der Waals surface area contributed by atoms with Gasteiger partial charge in [-0.05, 0) is 71.3 Å². The van der Waals surface area contributed by atoms with Gasteiger partial charge in [-0.25, -0.2) is 0 Å². The highest BCUT2D eigenvalue weighted by atomic mass is 35.5. The molecule has 2 amide bonds. The summed E-state index contributed by atoms with van der Waals surface area (Å²) in [6.07, 6.45) is 1.90. The average molecular weight is 624 g/mol. The van der Waals surface area contributed by atoms with Crippen LogP contribution in [0.15, 0.2) is 101 Å². The molecule has 3 heterocycles. The average Bonchev–Trinajstić information content (AvgIpc) is 3.52. The number of thioether (sulfide) groups is 1. The van der Waals surface area contributed by atoms with E-state index < -0.39 is 0 Å². The second kappa shape index (κ2) is 12.4. The fraction of sp³-hybridized carbons (Fsp3) is 0.200. The van der Waals surface area contributed by atoms with Gasteiger partial charge in [-0.2, -0.15) is 0 Å². The zero-order valence-electron chi connectivity index (χ0n) is 23.9. The van der Waals surface area contributed by atoms with Crippen molar-refractivity contribution >= 4 is 46.9 Å². The lowest BCUT2D eigenvalue weighted by Crippen LogP contribution is -2.48. The summed E-state index contributed by atoms with van der Waals surface area (Å²) in [5, 5.41) is 0.642. The molecule has 0 saturated carbocycles. The topological polar surface area (TPSA) is 62.3 Å². The molecule has 0 aliphatic carbocycles. The van der Waals surface area contributed by atoms with E-state index in [4.69, 9.17) is 21.1 Å². The summed E-state index contributed by atoms with van der Waals surface area (Å²) in [6, 6.07) is 29.1. The molecule has 0 N–H and O–H groups in total. The Morgan fingerprint density at radius 2 is 1.59 bits per heavy atom. The molecule has 1 saturated heterocycles. The van der Waals surface area contributed by atoms with Gasteiger partial charge in [-0.15, -0.1) is 0 Å². The maximum absolute atomic E-state index is 13.7. The lowest BCUT2D eigenvalue weighted by molar-refractivity contribution is -0.114. The van der Waals surface area contributed by atoms with E-state index in [1.807, 2.05) is 95.9 Å². The molecule has 7 rings (SSSR count). The van der Waals surface area contributed by atoms with Gasteiger partial charge in [0, 0.05) is 48.2 Å². The first-order chi connectivity index (χ1) is 21.5. The third-order valence-electron chi connectivity index (χ3n) is 8.02. The van der Waals surface area contributed by atoms with Crippen LogP contribution in [0.2, 0.25) is 5.02 Å². The van der Waals surface area contributed by atoms with Crippen molar-refractivity contribution in [1.82, 2.24) is 9.80 Å². The predicted molar refractivity (Wildman–Crippen MR) is 173 cm³/mol. The van der Waals surface area contributed by atoms with Gasteiger partial charge < -0.3 is 19.3 Å². The fourth-order valence-electron chi connectivity index (χ4n) is 5.70. The summed E-state index contributed by atoms with van der Waals surface area (Å²) >= 11 is 7.68. The zero-order chi connectivity index (χ0) is 30.0. The molecular weight excluding hydrogens is 594 g/mol. The number of hydrogen-bond acceptors (Lipinski definition) is 6. The molecule has 7 nitrogen and oxygen atoms in total. The summed E-state index contributed by atoms with van der Waals surface area (Å²) in [5.74, 6) is 1.54. The lowest BCUT2D eigenvalue weighted by Gasteiger charge is -2.34. The number of ether oxygens (including phenoxy) is 2. The number of fused-ring (bicyclic) bond motifs is 2. The van der Waals surface area contributed by atoms with Gasteiger partial charge >= 0.3 is 0 Å². The molecule has 0 aromatic heterocycles. The first-order valence-corrected chi connectivity index (χ1v) is 15.7. The summed E-state index contributed by atoms with van der Waals surface area (Å²) < 4.78 is 10.9.